The molecular weight excluding hydrogens is 366 g/mol. The molecular formula is C24H31NO4. The highest BCUT2D eigenvalue weighted by Crippen LogP contribution is 2.52. The molecule has 156 valence electrons. The SMILES string of the molecule is C=C1CC[C@H](C(=C)C)[C@H]2C=C(C)C(=O)C3=C(C(=O)[C@@](C)(OC(=O)CN(C)C)C3)[C@H]12. The van der Waals surface area contributed by atoms with E-state index in [1.807, 2.05) is 13.0 Å². The van der Waals surface area contributed by atoms with E-state index >= 15 is 0 Å². The molecule has 0 aromatic rings. The molecule has 3 aliphatic rings. The minimum absolute atomic E-state index is 0.0195. The van der Waals surface area contributed by atoms with Crippen LogP contribution in [0.3, 0.4) is 0 Å². The lowest BCUT2D eigenvalue weighted by Crippen LogP contribution is -2.42. The molecule has 4 atom stereocenters. The number of carbonyl (C=O) groups is 3. The number of ketones is 2. The van der Waals surface area contributed by atoms with E-state index in [0.29, 0.717) is 16.7 Å². The lowest BCUT2D eigenvalue weighted by molar-refractivity contribution is -0.163. The van der Waals surface area contributed by atoms with Gasteiger partial charge in [0.15, 0.2) is 11.4 Å². The topological polar surface area (TPSA) is 63.7 Å². The Morgan fingerprint density at radius 3 is 2.59 bits per heavy atom. The van der Waals surface area contributed by atoms with Gasteiger partial charge in [-0.15, -0.1) is 0 Å². The number of Topliss-reactive ketones (excluding diaryl/α,β-unsaturated/α-hetero) is 2. The Morgan fingerprint density at radius 1 is 1.34 bits per heavy atom. The van der Waals surface area contributed by atoms with Crippen LogP contribution in [0.4, 0.5) is 0 Å². The molecule has 0 aromatic carbocycles. The third-order valence-electron chi connectivity index (χ3n) is 6.43. The van der Waals surface area contributed by atoms with E-state index in [1.54, 1.807) is 32.8 Å². The first-order valence-corrected chi connectivity index (χ1v) is 10.2. The molecule has 3 rings (SSSR count). The van der Waals surface area contributed by atoms with E-state index in [2.05, 4.69) is 13.2 Å². The summed E-state index contributed by atoms with van der Waals surface area (Å²) in [5.41, 5.74) is 2.31. The number of likely N-dealkylation sites (N-methyl/N-ethyl adjacent to an activating group) is 1. The molecule has 0 heterocycles. The van der Waals surface area contributed by atoms with Crippen LogP contribution in [0.25, 0.3) is 0 Å². The zero-order valence-corrected chi connectivity index (χ0v) is 18.1. The Bertz CT molecular complexity index is 875. The van der Waals surface area contributed by atoms with E-state index in [-0.39, 0.29) is 42.3 Å². The monoisotopic (exact) mass is 397 g/mol. The molecule has 29 heavy (non-hydrogen) atoms. The maximum Gasteiger partial charge on any atom is 0.321 e. The van der Waals surface area contributed by atoms with Crippen molar-refractivity contribution in [2.45, 2.75) is 45.6 Å². The zero-order chi connectivity index (χ0) is 21.7. The highest BCUT2D eigenvalue weighted by Gasteiger charge is 2.54. The number of allylic oxidation sites excluding steroid dienone is 4. The molecule has 0 aliphatic heterocycles. The summed E-state index contributed by atoms with van der Waals surface area (Å²) in [7, 11) is 3.53. The summed E-state index contributed by atoms with van der Waals surface area (Å²) < 4.78 is 5.64. The Hall–Kier alpha value is -2.27. The molecule has 1 fully saturated rings. The van der Waals surface area contributed by atoms with E-state index in [0.717, 1.165) is 24.0 Å². The average molecular weight is 398 g/mol. The Labute approximate surface area is 173 Å². The molecule has 0 amide bonds. The summed E-state index contributed by atoms with van der Waals surface area (Å²) in [6.45, 7) is 13.9. The van der Waals surface area contributed by atoms with Gasteiger partial charge in [0.1, 0.15) is 0 Å². The first kappa shape index (κ1) is 21.4. The summed E-state index contributed by atoms with van der Waals surface area (Å²) in [4.78, 5) is 40.7. The predicted molar refractivity (Wildman–Crippen MR) is 112 cm³/mol. The lowest BCUT2D eigenvalue weighted by atomic mass is 9.64. The van der Waals surface area contributed by atoms with E-state index in [4.69, 9.17) is 4.74 Å². The third-order valence-corrected chi connectivity index (χ3v) is 6.43. The number of esters is 1. The van der Waals surface area contributed by atoms with Crippen molar-refractivity contribution in [3.8, 4) is 0 Å². The number of fused-ring (bicyclic) bond motifs is 2. The molecule has 5 heteroatoms. The van der Waals surface area contributed by atoms with Crippen molar-refractivity contribution in [1.82, 2.24) is 4.90 Å². The Kier molecular flexibility index (Phi) is 5.56. The van der Waals surface area contributed by atoms with Crippen LogP contribution in [0.15, 0.2) is 47.1 Å². The van der Waals surface area contributed by atoms with Gasteiger partial charge in [0.2, 0.25) is 5.78 Å². The summed E-state index contributed by atoms with van der Waals surface area (Å²) in [6.07, 6.45) is 3.84. The summed E-state index contributed by atoms with van der Waals surface area (Å²) in [5, 5.41) is 0. The van der Waals surface area contributed by atoms with Gasteiger partial charge in [-0.2, -0.15) is 0 Å². The fourth-order valence-corrected chi connectivity index (χ4v) is 5.07. The van der Waals surface area contributed by atoms with Gasteiger partial charge in [-0.1, -0.05) is 30.4 Å². The molecule has 3 aliphatic carbocycles. The lowest BCUT2D eigenvalue weighted by Gasteiger charge is -2.39. The largest absolute Gasteiger partial charge is 0.450 e. The predicted octanol–water partition coefficient (Wildman–Crippen LogP) is 3.42. The molecule has 0 aromatic heterocycles. The van der Waals surface area contributed by atoms with Crippen LogP contribution >= 0.6 is 0 Å². The van der Waals surface area contributed by atoms with Gasteiger partial charge >= 0.3 is 5.97 Å². The molecule has 0 spiro atoms. The quantitative estimate of drug-likeness (QED) is 0.537. The molecule has 0 N–H and O–H groups in total. The molecule has 5 nitrogen and oxygen atoms in total. The average Bonchev–Trinajstić information content (AvgIpc) is 2.78. The second-order valence-electron chi connectivity index (χ2n) is 9.22. The first-order valence-electron chi connectivity index (χ1n) is 10.2. The normalized spacial score (nSPS) is 32.0. The van der Waals surface area contributed by atoms with Crippen molar-refractivity contribution in [2.75, 3.05) is 20.6 Å². The van der Waals surface area contributed by atoms with Gasteiger partial charge in [-0.05, 0) is 65.1 Å². The van der Waals surface area contributed by atoms with Gasteiger partial charge in [0.25, 0.3) is 0 Å². The zero-order valence-electron chi connectivity index (χ0n) is 18.1. The van der Waals surface area contributed by atoms with Crippen LogP contribution in [-0.2, 0) is 19.1 Å². The van der Waals surface area contributed by atoms with Gasteiger partial charge in [0, 0.05) is 23.5 Å². The van der Waals surface area contributed by atoms with Crippen molar-refractivity contribution < 1.29 is 19.1 Å². The summed E-state index contributed by atoms with van der Waals surface area (Å²) in [5.74, 6) is -0.909. The second kappa shape index (κ2) is 7.52. The smallest absolute Gasteiger partial charge is 0.321 e. The van der Waals surface area contributed by atoms with Crippen LogP contribution in [0.1, 0.15) is 40.0 Å². The second-order valence-corrected chi connectivity index (χ2v) is 9.22. The fraction of sp³-hybridized carbons (Fsp3) is 0.542. The Balaban J connectivity index is 2.04. The number of hydrogen-bond acceptors (Lipinski definition) is 5. The number of ether oxygens (including phenoxy) is 1. The fourth-order valence-electron chi connectivity index (χ4n) is 5.07. The van der Waals surface area contributed by atoms with Crippen LogP contribution < -0.4 is 0 Å². The van der Waals surface area contributed by atoms with Crippen LogP contribution in [0.2, 0.25) is 0 Å². The summed E-state index contributed by atoms with van der Waals surface area (Å²) in [6, 6.07) is 0. The minimum Gasteiger partial charge on any atom is -0.450 e. The minimum atomic E-state index is -1.34. The van der Waals surface area contributed by atoms with E-state index in [9.17, 15) is 14.4 Å². The highest BCUT2D eigenvalue weighted by molar-refractivity contribution is 6.19. The Morgan fingerprint density at radius 2 is 2.00 bits per heavy atom. The molecule has 0 radical (unpaired) electrons. The maximum absolute atomic E-state index is 13.6. The van der Waals surface area contributed by atoms with Crippen molar-refractivity contribution in [2.24, 2.45) is 17.8 Å². The maximum atomic E-state index is 13.6. The first-order chi connectivity index (χ1) is 13.5. The van der Waals surface area contributed by atoms with Gasteiger partial charge < -0.3 is 4.74 Å². The highest BCUT2D eigenvalue weighted by atomic mass is 16.6. The van der Waals surface area contributed by atoms with Crippen molar-refractivity contribution in [3.63, 3.8) is 0 Å². The van der Waals surface area contributed by atoms with Crippen molar-refractivity contribution in [1.29, 1.82) is 0 Å². The van der Waals surface area contributed by atoms with E-state index in [1.165, 1.54) is 0 Å². The molecule has 0 bridgehead atoms. The van der Waals surface area contributed by atoms with Crippen LogP contribution in [0.5, 0.6) is 0 Å². The van der Waals surface area contributed by atoms with Crippen molar-refractivity contribution >= 4 is 17.5 Å². The van der Waals surface area contributed by atoms with Gasteiger partial charge in [-0.3, -0.25) is 19.3 Å². The molecule has 0 saturated heterocycles. The molecule has 0 unspecified atom stereocenters. The van der Waals surface area contributed by atoms with Crippen LogP contribution in [-0.4, -0.2) is 48.7 Å². The number of nitrogens with zero attached hydrogens (tertiary/aromatic N) is 1. The van der Waals surface area contributed by atoms with Crippen molar-refractivity contribution in [3.05, 3.63) is 47.1 Å². The van der Waals surface area contributed by atoms with Gasteiger partial charge in [0.05, 0.1) is 6.54 Å². The van der Waals surface area contributed by atoms with E-state index < -0.39 is 11.6 Å². The summed E-state index contributed by atoms with van der Waals surface area (Å²) >= 11 is 0. The number of carbonyl (C=O) groups excluding carboxylic acids is 3. The standard InChI is InChI=1S/C24H31NO4/c1-13(2)16-9-8-14(3)20-17(16)10-15(4)22(27)18-11-24(5,23(28)21(18)20)29-19(26)12-25(6)7/h10,16-17,20H,1,3,8-9,11-12H2,2,4-7H3/t16-,17-,20-,24+/m1/s1. The third kappa shape index (κ3) is 3.68. The number of hydrogen-bond donors (Lipinski definition) is 0. The van der Waals surface area contributed by atoms with Crippen LogP contribution in [0, 0.1) is 17.8 Å². The number of rotatable bonds is 4. The molecule has 1 saturated carbocycles. The van der Waals surface area contributed by atoms with Gasteiger partial charge in [-0.25, -0.2) is 0 Å².